The van der Waals surface area contributed by atoms with Gasteiger partial charge < -0.3 is 9.47 Å². The molecule has 0 radical (unpaired) electrons. The Labute approximate surface area is 341 Å². The average molecular weight is 745 g/mol. The van der Waals surface area contributed by atoms with Crippen LogP contribution >= 0.6 is 0 Å². The summed E-state index contributed by atoms with van der Waals surface area (Å²) in [6.45, 7) is 9.52. The standard InChI is InChI=1S/C56H44N2/c1-55(2)49-21-13-11-19-45(49)46-33-31-44(36-51(46)55)57(41-27-23-39(24-28-41)37-15-7-5-8-16-37)43-32-34-50-48(35-43)54-53(56(50,3)4)47-20-12-14-22-52(47)58(54)42-29-25-40(26-30-42)38-17-9-6-10-18-38/h5-36H,1-4H3. The first kappa shape index (κ1) is 34.4. The summed E-state index contributed by atoms with van der Waals surface area (Å²) in [6, 6.07) is 71.6. The maximum absolute atomic E-state index is 2.50. The van der Waals surface area contributed by atoms with Crippen molar-refractivity contribution < 1.29 is 0 Å². The summed E-state index contributed by atoms with van der Waals surface area (Å²) >= 11 is 0. The molecular weight excluding hydrogens is 701 g/mol. The molecule has 0 fully saturated rings. The number of para-hydroxylation sites is 1. The second-order valence-corrected chi connectivity index (χ2v) is 17.0. The molecule has 0 N–H and O–H groups in total. The summed E-state index contributed by atoms with van der Waals surface area (Å²) in [6.07, 6.45) is 0. The Morgan fingerprint density at radius 1 is 0.379 bits per heavy atom. The van der Waals surface area contributed by atoms with Gasteiger partial charge in [-0.05, 0) is 110 Å². The zero-order valence-electron chi connectivity index (χ0n) is 33.4. The van der Waals surface area contributed by atoms with Crippen LogP contribution < -0.4 is 4.90 Å². The van der Waals surface area contributed by atoms with Gasteiger partial charge in [0.05, 0.1) is 11.2 Å². The zero-order valence-corrected chi connectivity index (χ0v) is 33.4. The molecule has 0 spiro atoms. The van der Waals surface area contributed by atoms with Crippen LogP contribution in [-0.4, -0.2) is 4.57 Å². The van der Waals surface area contributed by atoms with Crippen molar-refractivity contribution in [2.24, 2.45) is 0 Å². The highest BCUT2D eigenvalue weighted by atomic mass is 15.1. The van der Waals surface area contributed by atoms with Gasteiger partial charge in [-0.1, -0.05) is 167 Å². The van der Waals surface area contributed by atoms with Gasteiger partial charge in [0.15, 0.2) is 0 Å². The second kappa shape index (κ2) is 12.8. The predicted molar refractivity (Wildman–Crippen MR) is 244 cm³/mol. The molecule has 9 aromatic rings. The van der Waals surface area contributed by atoms with Crippen molar-refractivity contribution >= 4 is 28.0 Å². The number of anilines is 3. The number of hydrogen-bond acceptors (Lipinski definition) is 1. The number of nitrogens with zero attached hydrogens (tertiary/aromatic N) is 2. The molecule has 0 aliphatic heterocycles. The lowest BCUT2D eigenvalue weighted by molar-refractivity contribution is 0.660. The molecule has 278 valence electrons. The molecule has 1 aromatic heterocycles. The van der Waals surface area contributed by atoms with Gasteiger partial charge in [-0.3, -0.25) is 0 Å². The summed E-state index contributed by atoms with van der Waals surface area (Å²) in [7, 11) is 0. The van der Waals surface area contributed by atoms with Crippen LogP contribution in [0.4, 0.5) is 17.1 Å². The van der Waals surface area contributed by atoms with E-state index in [-0.39, 0.29) is 10.8 Å². The largest absolute Gasteiger partial charge is 0.310 e. The van der Waals surface area contributed by atoms with Crippen molar-refractivity contribution in [2.75, 3.05) is 4.90 Å². The van der Waals surface area contributed by atoms with Gasteiger partial charge in [-0.25, -0.2) is 0 Å². The fraction of sp³-hybridized carbons (Fsp3) is 0.107. The Hall–Kier alpha value is -6.90. The molecule has 2 aliphatic rings. The van der Waals surface area contributed by atoms with Crippen molar-refractivity contribution in [3.8, 4) is 50.3 Å². The average Bonchev–Trinajstić information content (AvgIpc) is 3.82. The maximum Gasteiger partial charge on any atom is 0.0585 e. The number of benzene rings is 8. The summed E-state index contributed by atoms with van der Waals surface area (Å²) in [5.41, 5.74) is 21.1. The zero-order chi connectivity index (χ0) is 39.2. The topological polar surface area (TPSA) is 8.17 Å². The van der Waals surface area contributed by atoms with Crippen LogP contribution in [0.1, 0.15) is 49.9 Å². The molecule has 11 rings (SSSR count). The van der Waals surface area contributed by atoms with Crippen LogP contribution in [0, 0.1) is 0 Å². The number of fused-ring (bicyclic) bond motifs is 8. The van der Waals surface area contributed by atoms with Crippen LogP contribution in [0.25, 0.3) is 61.2 Å². The van der Waals surface area contributed by atoms with Crippen LogP contribution in [0.2, 0.25) is 0 Å². The van der Waals surface area contributed by atoms with E-state index < -0.39 is 0 Å². The van der Waals surface area contributed by atoms with Gasteiger partial charge in [0, 0.05) is 44.5 Å². The predicted octanol–water partition coefficient (Wildman–Crippen LogP) is 15.0. The maximum atomic E-state index is 2.50. The molecule has 2 aliphatic carbocycles. The van der Waals surface area contributed by atoms with E-state index in [1.165, 1.54) is 83.5 Å². The lowest BCUT2D eigenvalue weighted by Crippen LogP contribution is -2.17. The van der Waals surface area contributed by atoms with Gasteiger partial charge >= 0.3 is 0 Å². The molecular formula is C56H44N2. The van der Waals surface area contributed by atoms with Crippen molar-refractivity contribution in [1.82, 2.24) is 4.57 Å². The minimum atomic E-state index is -0.191. The van der Waals surface area contributed by atoms with Gasteiger partial charge in [0.25, 0.3) is 0 Å². The normalized spacial score (nSPS) is 14.1. The Morgan fingerprint density at radius 3 is 1.60 bits per heavy atom. The van der Waals surface area contributed by atoms with Crippen LogP contribution in [0.3, 0.4) is 0 Å². The molecule has 0 amide bonds. The van der Waals surface area contributed by atoms with Gasteiger partial charge in [-0.2, -0.15) is 0 Å². The lowest BCUT2D eigenvalue weighted by Gasteiger charge is -2.29. The van der Waals surface area contributed by atoms with Crippen molar-refractivity contribution in [3.05, 3.63) is 216 Å². The molecule has 2 heteroatoms. The van der Waals surface area contributed by atoms with Crippen LogP contribution in [-0.2, 0) is 10.8 Å². The van der Waals surface area contributed by atoms with E-state index in [1.54, 1.807) is 0 Å². The summed E-state index contributed by atoms with van der Waals surface area (Å²) in [5, 5.41) is 1.31. The van der Waals surface area contributed by atoms with Crippen LogP contribution in [0.5, 0.6) is 0 Å². The minimum absolute atomic E-state index is 0.112. The van der Waals surface area contributed by atoms with Crippen molar-refractivity contribution in [1.29, 1.82) is 0 Å². The van der Waals surface area contributed by atoms with E-state index in [2.05, 4.69) is 231 Å². The highest BCUT2D eigenvalue weighted by Crippen LogP contribution is 2.56. The summed E-state index contributed by atoms with van der Waals surface area (Å²) < 4.78 is 2.50. The highest BCUT2D eigenvalue weighted by molar-refractivity contribution is 6.00. The van der Waals surface area contributed by atoms with Gasteiger partial charge in [0.2, 0.25) is 0 Å². The molecule has 1 heterocycles. The SMILES string of the molecule is CC1(C)c2ccccc2-c2ccc(N(c3ccc(-c4ccccc4)cc3)c3ccc4c(c3)-c3c(c5ccccc5n3-c3ccc(-c5ccccc5)cc3)C4(C)C)cc21. The molecule has 0 unspecified atom stereocenters. The number of aromatic nitrogens is 1. The third-order valence-electron chi connectivity index (χ3n) is 13.0. The number of rotatable bonds is 6. The first-order chi connectivity index (χ1) is 28.3. The van der Waals surface area contributed by atoms with Gasteiger partial charge in [0.1, 0.15) is 0 Å². The Morgan fingerprint density at radius 2 is 0.897 bits per heavy atom. The molecule has 0 saturated carbocycles. The van der Waals surface area contributed by atoms with E-state index in [0.717, 1.165) is 17.1 Å². The van der Waals surface area contributed by atoms with Crippen molar-refractivity contribution in [2.45, 2.75) is 38.5 Å². The third-order valence-corrected chi connectivity index (χ3v) is 13.0. The smallest absolute Gasteiger partial charge is 0.0585 e. The molecule has 58 heavy (non-hydrogen) atoms. The molecule has 0 atom stereocenters. The van der Waals surface area contributed by atoms with Crippen LogP contribution in [0.15, 0.2) is 194 Å². The highest BCUT2D eigenvalue weighted by Gasteiger charge is 2.41. The van der Waals surface area contributed by atoms with E-state index in [0.29, 0.717) is 0 Å². The fourth-order valence-electron chi connectivity index (χ4n) is 10.1. The Balaban J connectivity index is 1.10. The van der Waals surface area contributed by atoms with Crippen molar-refractivity contribution in [3.63, 3.8) is 0 Å². The van der Waals surface area contributed by atoms with E-state index in [1.807, 2.05) is 0 Å². The fourth-order valence-corrected chi connectivity index (χ4v) is 10.1. The second-order valence-electron chi connectivity index (χ2n) is 17.0. The van der Waals surface area contributed by atoms with E-state index in [4.69, 9.17) is 0 Å². The van der Waals surface area contributed by atoms with Gasteiger partial charge in [-0.15, -0.1) is 0 Å². The first-order valence-corrected chi connectivity index (χ1v) is 20.4. The monoisotopic (exact) mass is 744 g/mol. The number of hydrogen-bond donors (Lipinski definition) is 0. The van der Waals surface area contributed by atoms with E-state index in [9.17, 15) is 0 Å². The summed E-state index contributed by atoms with van der Waals surface area (Å²) in [4.78, 5) is 2.46. The Bertz CT molecular complexity index is 3020. The van der Waals surface area contributed by atoms with E-state index >= 15 is 0 Å². The Kier molecular flexibility index (Phi) is 7.59. The lowest BCUT2D eigenvalue weighted by atomic mass is 9.81. The molecule has 0 saturated heterocycles. The molecule has 0 bridgehead atoms. The minimum Gasteiger partial charge on any atom is -0.310 e. The third kappa shape index (κ3) is 5.11. The molecule has 2 nitrogen and oxygen atoms in total. The summed E-state index contributed by atoms with van der Waals surface area (Å²) in [5.74, 6) is 0. The first-order valence-electron chi connectivity index (χ1n) is 20.4. The molecule has 8 aromatic carbocycles. The quantitative estimate of drug-likeness (QED) is 0.165.